The summed E-state index contributed by atoms with van der Waals surface area (Å²) in [6.45, 7) is 9.54. The summed E-state index contributed by atoms with van der Waals surface area (Å²) < 4.78 is 5.06. The van der Waals surface area contributed by atoms with Crippen LogP contribution in [0.1, 0.15) is 64.7 Å². The third kappa shape index (κ3) is 16.1. The maximum atomic E-state index is 11.1. The number of unbranched alkanes of at least 4 members (excludes halogenated alkanes) is 8. The van der Waals surface area contributed by atoms with Crippen molar-refractivity contribution in [1.29, 1.82) is 0 Å². The molecule has 0 rings (SSSR count). The number of ether oxygens (including phenoxy) is 1. The lowest BCUT2D eigenvalue weighted by Crippen LogP contribution is -2.13. The number of hydrogen-bond donors (Lipinski definition) is 0. The molecule has 0 atom stereocenters. The van der Waals surface area contributed by atoms with Crippen LogP contribution in [0.3, 0.4) is 0 Å². The third-order valence-electron chi connectivity index (χ3n) is 3.50. The number of carbonyl (C=O) groups is 1. The van der Waals surface area contributed by atoms with E-state index in [1.807, 2.05) is 0 Å². The minimum atomic E-state index is -0.995. The molecule has 0 aromatic rings. The highest BCUT2D eigenvalue weighted by atomic mass is 79.9. The molecule has 124 valence electrons. The molecular formula is C17H33BrO2Si. The van der Waals surface area contributed by atoms with Gasteiger partial charge in [0, 0.05) is 5.57 Å². The van der Waals surface area contributed by atoms with Crippen molar-refractivity contribution in [2.45, 2.75) is 83.8 Å². The van der Waals surface area contributed by atoms with Gasteiger partial charge in [0.2, 0.25) is 0 Å². The Morgan fingerprint density at radius 1 is 0.952 bits per heavy atom. The molecule has 0 aliphatic rings. The van der Waals surface area contributed by atoms with Gasteiger partial charge in [-0.15, -0.1) is 15.3 Å². The smallest absolute Gasteiger partial charge is 0.333 e. The molecule has 0 aromatic carbocycles. The van der Waals surface area contributed by atoms with Gasteiger partial charge in [-0.05, 0) is 19.4 Å². The second-order valence-corrected chi connectivity index (χ2v) is 16.9. The molecule has 0 aliphatic carbocycles. The van der Waals surface area contributed by atoms with Gasteiger partial charge in [-0.25, -0.2) is 4.79 Å². The number of esters is 1. The molecule has 0 aromatic heterocycles. The third-order valence-corrected chi connectivity index (χ3v) is 6.23. The maximum absolute atomic E-state index is 11.1. The largest absolute Gasteiger partial charge is 0.462 e. The predicted octanol–water partition coefficient (Wildman–Crippen LogP) is 6.22. The Hall–Kier alpha value is -0.0931. The first kappa shape index (κ1) is 20.9. The van der Waals surface area contributed by atoms with Gasteiger partial charge >= 0.3 is 5.97 Å². The van der Waals surface area contributed by atoms with Crippen LogP contribution in [-0.4, -0.2) is 19.3 Å². The first-order chi connectivity index (χ1) is 9.83. The van der Waals surface area contributed by atoms with E-state index in [4.69, 9.17) is 4.74 Å². The lowest BCUT2D eigenvalue weighted by Gasteiger charge is -2.12. The van der Waals surface area contributed by atoms with Crippen LogP contribution in [0.5, 0.6) is 0 Å². The van der Waals surface area contributed by atoms with Gasteiger partial charge < -0.3 is 4.74 Å². The van der Waals surface area contributed by atoms with E-state index in [0.29, 0.717) is 12.2 Å². The molecule has 0 bridgehead atoms. The summed E-state index contributed by atoms with van der Waals surface area (Å²) in [6.07, 6.45) is 11.6. The fourth-order valence-electron chi connectivity index (χ4n) is 2.17. The maximum Gasteiger partial charge on any atom is 0.333 e. The van der Waals surface area contributed by atoms with Crippen LogP contribution in [-0.2, 0) is 9.53 Å². The van der Waals surface area contributed by atoms with E-state index in [1.165, 1.54) is 51.0 Å². The minimum Gasteiger partial charge on any atom is -0.462 e. The van der Waals surface area contributed by atoms with E-state index >= 15 is 0 Å². The number of hydrogen-bond acceptors (Lipinski definition) is 2. The van der Waals surface area contributed by atoms with Crippen molar-refractivity contribution in [2.24, 2.45) is 0 Å². The number of halogens is 1. The summed E-state index contributed by atoms with van der Waals surface area (Å²) in [6, 6.07) is 1.40. The molecule has 0 unspecified atom stereocenters. The summed E-state index contributed by atoms with van der Waals surface area (Å²) in [4.78, 5) is 11.1. The van der Waals surface area contributed by atoms with E-state index < -0.39 is 6.69 Å². The molecule has 0 heterocycles. The molecule has 0 spiro atoms. The molecule has 0 amide bonds. The monoisotopic (exact) mass is 376 g/mol. The SMILES string of the molecule is C=C(C)C(=O)OCCCCCCCCCCC[Si](C)(C)Br. The Kier molecular flexibility index (Phi) is 12.4. The molecule has 0 radical (unpaired) electrons. The normalized spacial score (nSPS) is 11.4. The topological polar surface area (TPSA) is 26.3 Å². The average Bonchev–Trinajstić information content (AvgIpc) is 2.38. The van der Waals surface area contributed by atoms with Crippen molar-refractivity contribution >= 4 is 28.0 Å². The van der Waals surface area contributed by atoms with Crippen LogP contribution in [0, 0.1) is 0 Å². The average molecular weight is 377 g/mol. The molecular weight excluding hydrogens is 344 g/mol. The standard InChI is InChI=1S/C17H33BrO2Si/c1-16(2)17(19)20-14-12-10-8-6-5-7-9-11-13-15-21(3,4)18/h1,5-15H2,2-4H3. The fourth-order valence-corrected chi connectivity index (χ4v) is 4.10. The first-order valence-corrected chi connectivity index (χ1v) is 13.8. The van der Waals surface area contributed by atoms with Crippen LogP contribution in [0.2, 0.25) is 19.1 Å². The molecule has 0 saturated heterocycles. The summed E-state index contributed by atoms with van der Waals surface area (Å²) in [5.74, 6) is -0.260. The second-order valence-electron chi connectivity index (χ2n) is 6.57. The quantitative estimate of drug-likeness (QED) is 0.125. The van der Waals surface area contributed by atoms with Crippen molar-refractivity contribution in [3.05, 3.63) is 12.2 Å². The Morgan fingerprint density at radius 3 is 1.81 bits per heavy atom. The number of rotatable bonds is 13. The summed E-state index contributed by atoms with van der Waals surface area (Å²) in [5, 5.41) is 0. The zero-order chi connectivity index (χ0) is 16.1. The van der Waals surface area contributed by atoms with Gasteiger partial charge in [-0.2, -0.15) is 0 Å². The van der Waals surface area contributed by atoms with Crippen LogP contribution < -0.4 is 0 Å². The van der Waals surface area contributed by atoms with Crippen LogP contribution in [0.15, 0.2) is 12.2 Å². The highest BCUT2D eigenvalue weighted by Gasteiger charge is 2.14. The lowest BCUT2D eigenvalue weighted by molar-refractivity contribution is -0.139. The van der Waals surface area contributed by atoms with Crippen LogP contribution in [0.4, 0.5) is 0 Å². The van der Waals surface area contributed by atoms with Crippen molar-refractivity contribution in [3.8, 4) is 0 Å². The molecule has 0 aliphatic heterocycles. The van der Waals surface area contributed by atoms with Crippen LogP contribution in [0.25, 0.3) is 0 Å². The second kappa shape index (κ2) is 12.5. The van der Waals surface area contributed by atoms with E-state index in [-0.39, 0.29) is 5.97 Å². The highest BCUT2D eigenvalue weighted by molar-refractivity contribution is 9.26. The van der Waals surface area contributed by atoms with Gasteiger partial charge in [0.15, 0.2) is 0 Å². The molecule has 4 heteroatoms. The van der Waals surface area contributed by atoms with Gasteiger partial charge in [-0.3, -0.25) is 0 Å². The summed E-state index contributed by atoms with van der Waals surface area (Å²) in [5.41, 5.74) is 0.487. The summed E-state index contributed by atoms with van der Waals surface area (Å²) >= 11 is 3.82. The Morgan fingerprint density at radius 2 is 1.38 bits per heavy atom. The van der Waals surface area contributed by atoms with Crippen molar-refractivity contribution < 1.29 is 9.53 Å². The van der Waals surface area contributed by atoms with Gasteiger partial charge in [0.1, 0.15) is 6.69 Å². The minimum absolute atomic E-state index is 0.260. The highest BCUT2D eigenvalue weighted by Crippen LogP contribution is 2.21. The zero-order valence-electron chi connectivity index (χ0n) is 14.2. The fraction of sp³-hybridized carbons (Fsp3) is 0.824. The van der Waals surface area contributed by atoms with Gasteiger partial charge in [0.05, 0.1) is 6.61 Å². The molecule has 0 saturated carbocycles. The van der Waals surface area contributed by atoms with E-state index in [1.54, 1.807) is 6.92 Å². The molecule has 0 N–H and O–H groups in total. The van der Waals surface area contributed by atoms with Crippen LogP contribution >= 0.6 is 15.3 Å². The van der Waals surface area contributed by atoms with Crippen molar-refractivity contribution in [1.82, 2.24) is 0 Å². The lowest BCUT2D eigenvalue weighted by atomic mass is 10.1. The summed E-state index contributed by atoms with van der Waals surface area (Å²) in [7, 11) is 0. The zero-order valence-corrected chi connectivity index (χ0v) is 16.8. The Bertz CT molecular complexity index is 298. The molecule has 21 heavy (non-hydrogen) atoms. The van der Waals surface area contributed by atoms with E-state index in [2.05, 4.69) is 35.0 Å². The van der Waals surface area contributed by atoms with Gasteiger partial charge in [0.25, 0.3) is 0 Å². The predicted molar refractivity (Wildman–Crippen MR) is 98.5 cm³/mol. The van der Waals surface area contributed by atoms with Gasteiger partial charge in [-0.1, -0.05) is 71.0 Å². The van der Waals surface area contributed by atoms with E-state index in [9.17, 15) is 4.79 Å². The molecule has 0 fully saturated rings. The van der Waals surface area contributed by atoms with Crippen molar-refractivity contribution in [3.63, 3.8) is 0 Å². The van der Waals surface area contributed by atoms with E-state index in [0.717, 1.165) is 12.8 Å². The first-order valence-electron chi connectivity index (χ1n) is 8.34. The Labute approximate surface area is 140 Å². The Balaban J connectivity index is 3.16. The molecule has 2 nitrogen and oxygen atoms in total. The number of carbonyl (C=O) groups excluding carboxylic acids is 1. The van der Waals surface area contributed by atoms with Crippen molar-refractivity contribution in [2.75, 3.05) is 6.61 Å².